The zero-order valence-electron chi connectivity index (χ0n) is 9.63. The van der Waals surface area contributed by atoms with Gasteiger partial charge in [0.05, 0.1) is 6.10 Å². The molecule has 4 nitrogen and oxygen atoms in total. The monoisotopic (exact) mass is 235 g/mol. The molecule has 0 saturated heterocycles. The summed E-state index contributed by atoms with van der Waals surface area (Å²) in [5.74, 6) is 0.0154. The average molecular weight is 235 g/mol. The van der Waals surface area contributed by atoms with Crippen molar-refractivity contribution in [2.75, 3.05) is 0 Å². The third kappa shape index (κ3) is 3.75. The van der Waals surface area contributed by atoms with Crippen molar-refractivity contribution in [2.45, 2.75) is 37.8 Å². The molecule has 3 N–H and O–H groups in total. The molecule has 1 unspecified atom stereocenters. The Hall–Kier alpha value is -1.55. The molecule has 0 aliphatic heterocycles. The van der Waals surface area contributed by atoms with Crippen molar-refractivity contribution in [2.24, 2.45) is 5.73 Å². The highest BCUT2D eigenvalue weighted by molar-refractivity contribution is 5.66. The summed E-state index contributed by atoms with van der Waals surface area (Å²) < 4.78 is 5.67. The lowest BCUT2D eigenvalue weighted by Crippen LogP contribution is -2.12. The first-order valence-electron chi connectivity index (χ1n) is 5.89. The highest BCUT2D eigenvalue weighted by Gasteiger charge is 2.23. The van der Waals surface area contributed by atoms with Crippen molar-refractivity contribution in [3.63, 3.8) is 0 Å². The van der Waals surface area contributed by atoms with E-state index >= 15 is 0 Å². The van der Waals surface area contributed by atoms with Gasteiger partial charge in [0.25, 0.3) is 0 Å². The fourth-order valence-electron chi connectivity index (χ4n) is 1.64. The van der Waals surface area contributed by atoms with E-state index in [1.807, 2.05) is 24.3 Å². The van der Waals surface area contributed by atoms with E-state index in [-0.39, 0.29) is 12.5 Å². The van der Waals surface area contributed by atoms with Gasteiger partial charge >= 0.3 is 5.97 Å². The lowest BCUT2D eigenvalue weighted by Gasteiger charge is -2.12. The minimum atomic E-state index is -0.814. The van der Waals surface area contributed by atoms with Crippen LogP contribution < -0.4 is 10.5 Å². The standard InChI is InChI=1S/C13H17NO3/c14-12(6-7-13(15)16)9-2-1-3-11(8-9)17-10-4-5-10/h1-3,8,10,12H,4-7,14H2,(H,15,16). The zero-order chi connectivity index (χ0) is 12.3. The molecule has 0 aromatic heterocycles. The summed E-state index contributed by atoms with van der Waals surface area (Å²) >= 11 is 0. The molecule has 92 valence electrons. The lowest BCUT2D eigenvalue weighted by molar-refractivity contribution is -0.137. The minimum Gasteiger partial charge on any atom is -0.490 e. The molecule has 0 spiro atoms. The number of nitrogens with two attached hydrogens (primary N) is 1. The van der Waals surface area contributed by atoms with E-state index in [1.54, 1.807) is 0 Å². The van der Waals surface area contributed by atoms with E-state index in [0.717, 1.165) is 24.2 Å². The van der Waals surface area contributed by atoms with E-state index in [2.05, 4.69) is 0 Å². The fraction of sp³-hybridized carbons (Fsp3) is 0.462. The molecular formula is C13H17NO3. The molecule has 0 bridgehead atoms. The van der Waals surface area contributed by atoms with Crippen LogP contribution in [0, 0.1) is 0 Å². The average Bonchev–Trinajstić information content (AvgIpc) is 3.10. The molecule has 0 radical (unpaired) electrons. The van der Waals surface area contributed by atoms with E-state index in [1.165, 1.54) is 0 Å². The minimum absolute atomic E-state index is 0.0921. The van der Waals surface area contributed by atoms with Crippen LogP contribution in [0.4, 0.5) is 0 Å². The van der Waals surface area contributed by atoms with Crippen LogP contribution >= 0.6 is 0 Å². The highest BCUT2D eigenvalue weighted by Crippen LogP contribution is 2.28. The Kier molecular flexibility index (Phi) is 3.64. The van der Waals surface area contributed by atoms with E-state index in [0.29, 0.717) is 12.5 Å². The molecule has 2 rings (SSSR count). The largest absolute Gasteiger partial charge is 0.490 e. The van der Waals surface area contributed by atoms with Crippen LogP contribution in [0.25, 0.3) is 0 Å². The number of carboxylic acid groups (broad SMARTS) is 1. The summed E-state index contributed by atoms with van der Waals surface area (Å²) in [7, 11) is 0. The van der Waals surface area contributed by atoms with Crippen LogP contribution in [-0.4, -0.2) is 17.2 Å². The summed E-state index contributed by atoms with van der Waals surface area (Å²) in [6.45, 7) is 0. The Bertz CT molecular complexity index is 401. The van der Waals surface area contributed by atoms with Gasteiger partial charge in [0.2, 0.25) is 0 Å². The molecule has 1 aliphatic rings. The van der Waals surface area contributed by atoms with Crippen LogP contribution in [-0.2, 0) is 4.79 Å². The van der Waals surface area contributed by atoms with Crippen molar-refractivity contribution in [1.29, 1.82) is 0 Å². The Morgan fingerprint density at radius 2 is 2.29 bits per heavy atom. The molecule has 0 amide bonds. The molecule has 1 saturated carbocycles. The number of aliphatic carboxylic acids is 1. The number of carboxylic acids is 1. The maximum Gasteiger partial charge on any atom is 0.303 e. The number of hydrogen-bond donors (Lipinski definition) is 2. The van der Waals surface area contributed by atoms with Crippen LogP contribution in [0.5, 0.6) is 5.75 Å². The number of rotatable bonds is 6. The Labute approximate surface area is 100 Å². The van der Waals surface area contributed by atoms with Gasteiger partial charge in [0.1, 0.15) is 5.75 Å². The molecular weight excluding hydrogens is 218 g/mol. The second-order valence-corrected chi connectivity index (χ2v) is 4.43. The van der Waals surface area contributed by atoms with Crippen molar-refractivity contribution in [1.82, 2.24) is 0 Å². The van der Waals surface area contributed by atoms with Crippen LogP contribution in [0.3, 0.4) is 0 Å². The lowest BCUT2D eigenvalue weighted by atomic mass is 10.0. The Morgan fingerprint density at radius 3 is 2.94 bits per heavy atom. The summed E-state index contributed by atoms with van der Waals surface area (Å²) in [5, 5.41) is 8.61. The van der Waals surface area contributed by atoms with Gasteiger partial charge in [0.15, 0.2) is 0 Å². The fourth-order valence-corrected chi connectivity index (χ4v) is 1.64. The van der Waals surface area contributed by atoms with Gasteiger partial charge in [-0.15, -0.1) is 0 Å². The van der Waals surface area contributed by atoms with Gasteiger partial charge in [-0.1, -0.05) is 12.1 Å². The first-order valence-corrected chi connectivity index (χ1v) is 5.89. The summed E-state index contributed by atoms with van der Waals surface area (Å²) in [4.78, 5) is 10.5. The van der Waals surface area contributed by atoms with Gasteiger partial charge in [-0.05, 0) is 37.0 Å². The van der Waals surface area contributed by atoms with Crippen molar-refractivity contribution >= 4 is 5.97 Å². The zero-order valence-corrected chi connectivity index (χ0v) is 9.63. The van der Waals surface area contributed by atoms with Crippen LogP contribution in [0.2, 0.25) is 0 Å². The van der Waals surface area contributed by atoms with Crippen LogP contribution in [0.1, 0.15) is 37.3 Å². The number of hydrogen-bond acceptors (Lipinski definition) is 3. The maximum absolute atomic E-state index is 10.5. The number of ether oxygens (including phenoxy) is 1. The third-order valence-electron chi connectivity index (χ3n) is 2.78. The van der Waals surface area contributed by atoms with Gasteiger partial charge in [-0.2, -0.15) is 0 Å². The van der Waals surface area contributed by atoms with Gasteiger partial charge < -0.3 is 15.6 Å². The van der Waals surface area contributed by atoms with E-state index < -0.39 is 5.97 Å². The highest BCUT2D eigenvalue weighted by atomic mass is 16.5. The van der Waals surface area contributed by atoms with Gasteiger partial charge in [-0.25, -0.2) is 0 Å². The molecule has 4 heteroatoms. The second kappa shape index (κ2) is 5.19. The Balaban J connectivity index is 1.95. The van der Waals surface area contributed by atoms with Crippen molar-refractivity contribution in [3.05, 3.63) is 29.8 Å². The van der Waals surface area contributed by atoms with E-state index in [9.17, 15) is 4.79 Å². The third-order valence-corrected chi connectivity index (χ3v) is 2.78. The van der Waals surface area contributed by atoms with Crippen LogP contribution in [0.15, 0.2) is 24.3 Å². The summed E-state index contributed by atoms with van der Waals surface area (Å²) in [6, 6.07) is 7.38. The second-order valence-electron chi connectivity index (χ2n) is 4.43. The SMILES string of the molecule is NC(CCC(=O)O)c1cccc(OC2CC2)c1. The normalized spacial score (nSPS) is 16.5. The first-order chi connectivity index (χ1) is 8.15. The van der Waals surface area contributed by atoms with Gasteiger partial charge in [-0.3, -0.25) is 4.79 Å². The quantitative estimate of drug-likeness (QED) is 0.792. The summed E-state index contributed by atoms with van der Waals surface area (Å²) in [5.41, 5.74) is 6.87. The number of benzene rings is 1. The maximum atomic E-state index is 10.5. The summed E-state index contributed by atoms with van der Waals surface area (Å²) in [6.07, 6.45) is 3.14. The predicted octanol–water partition coefficient (Wildman–Crippen LogP) is 2.09. The number of carbonyl (C=O) groups is 1. The first kappa shape index (κ1) is 11.9. The molecule has 1 atom stereocenters. The molecule has 1 aromatic carbocycles. The van der Waals surface area contributed by atoms with Gasteiger partial charge in [0, 0.05) is 12.5 Å². The molecule has 1 aromatic rings. The smallest absolute Gasteiger partial charge is 0.303 e. The van der Waals surface area contributed by atoms with Crippen molar-refractivity contribution in [3.8, 4) is 5.75 Å². The molecule has 17 heavy (non-hydrogen) atoms. The van der Waals surface area contributed by atoms with E-state index in [4.69, 9.17) is 15.6 Å². The molecule has 1 aliphatic carbocycles. The molecule has 0 heterocycles. The molecule has 1 fully saturated rings. The Morgan fingerprint density at radius 1 is 1.53 bits per heavy atom. The topological polar surface area (TPSA) is 72.6 Å². The predicted molar refractivity (Wildman–Crippen MR) is 63.9 cm³/mol. The van der Waals surface area contributed by atoms with Crippen molar-refractivity contribution < 1.29 is 14.6 Å².